The smallest absolute Gasteiger partial charge is 0.255 e. The number of rotatable bonds is 8. The van der Waals surface area contributed by atoms with Crippen molar-refractivity contribution in [3.63, 3.8) is 0 Å². The molecule has 27 heavy (non-hydrogen) atoms. The van der Waals surface area contributed by atoms with Crippen LogP contribution in [0.2, 0.25) is 0 Å². The van der Waals surface area contributed by atoms with Gasteiger partial charge >= 0.3 is 0 Å². The molecule has 2 aromatic carbocycles. The van der Waals surface area contributed by atoms with Crippen LogP contribution < -0.4 is 15.4 Å². The highest BCUT2D eigenvalue weighted by Crippen LogP contribution is 2.17. The lowest BCUT2D eigenvalue weighted by atomic mass is 10.2. The minimum Gasteiger partial charge on any atom is -0.494 e. The van der Waals surface area contributed by atoms with Gasteiger partial charge in [0.25, 0.3) is 5.91 Å². The van der Waals surface area contributed by atoms with Gasteiger partial charge in [-0.15, -0.1) is 0 Å². The molecule has 0 radical (unpaired) electrons. The number of aromatic nitrogens is 2. The number of nitrogens with zero attached hydrogens (tertiary/aromatic N) is 2. The first-order valence-corrected chi connectivity index (χ1v) is 8.87. The Morgan fingerprint density at radius 2 is 1.74 bits per heavy atom. The van der Waals surface area contributed by atoms with Crippen LogP contribution in [0.25, 0.3) is 0 Å². The van der Waals surface area contributed by atoms with Crippen molar-refractivity contribution in [2.45, 2.75) is 26.8 Å². The molecule has 0 spiro atoms. The third kappa shape index (κ3) is 5.07. The van der Waals surface area contributed by atoms with Crippen molar-refractivity contribution in [1.82, 2.24) is 10.1 Å². The molecule has 140 valence electrons. The largest absolute Gasteiger partial charge is 0.494 e. The first kappa shape index (κ1) is 18.4. The molecule has 0 aliphatic rings. The van der Waals surface area contributed by atoms with E-state index in [0.29, 0.717) is 36.1 Å². The lowest BCUT2D eigenvalue weighted by Crippen LogP contribution is -2.11. The number of nitrogens with one attached hydrogen (secondary N) is 2. The zero-order valence-corrected chi connectivity index (χ0v) is 15.4. The summed E-state index contributed by atoms with van der Waals surface area (Å²) in [4.78, 5) is 16.6. The molecule has 2 N–H and O–H groups in total. The van der Waals surface area contributed by atoms with Gasteiger partial charge in [-0.3, -0.25) is 4.79 Å². The van der Waals surface area contributed by atoms with E-state index >= 15 is 0 Å². The summed E-state index contributed by atoms with van der Waals surface area (Å²) in [5.41, 5.74) is 2.15. The van der Waals surface area contributed by atoms with E-state index in [-0.39, 0.29) is 5.91 Å². The molecule has 0 bridgehead atoms. The average Bonchev–Trinajstić information content (AvgIpc) is 3.17. The SMILES string of the molecule is CCOc1ccc(NC(=O)c2ccc(NCc3nc(CC)no3)cc2)cc1. The van der Waals surface area contributed by atoms with Crippen molar-refractivity contribution in [3.8, 4) is 5.75 Å². The molecule has 7 nitrogen and oxygen atoms in total. The molecule has 1 heterocycles. The number of hydrogen-bond donors (Lipinski definition) is 2. The molecule has 3 aromatic rings. The van der Waals surface area contributed by atoms with Gasteiger partial charge in [-0.25, -0.2) is 0 Å². The number of hydrogen-bond acceptors (Lipinski definition) is 6. The van der Waals surface area contributed by atoms with Crippen molar-refractivity contribution in [3.05, 3.63) is 65.8 Å². The number of anilines is 2. The highest BCUT2D eigenvalue weighted by atomic mass is 16.5. The van der Waals surface area contributed by atoms with E-state index in [0.717, 1.165) is 17.9 Å². The topological polar surface area (TPSA) is 89.3 Å². The second kappa shape index (κ2) is 8.84. The summed E-state index contributed by atoms with van der Waals surface area (Å²) in [7, 11) is 0. The summed E-state index contributed by atoms with van der Waals surface area (Å²) in [5, 5.41) is 9.91. The molecule has 3 rings (SSSR count). The van der Waals surface area contributed by atoms with Crippen molar-refractivity contribution < 1.29 is 14.1 Å². The Morgan fingerprint density at radius 3 is 2.37 bits per heavy atom. The highest BCUT2D eigenvalue weighted by molar-refractivity contribution is 6.04. The van der Waals surface area contributed by atoms with Gasteiger partial charge < -0.3 is 19.9 Å². The van der Waals surface area contributed by atoms with E-state index in [4.69, 9.17) is 9.26 Å². The molecule has 1 amide bonds. The zero-order chi connectivity index (χ0) is 19.1. The van der Waals surface area contributed by atoms with Crippen LogP contribution in [-0.2, 0) is 13.0 Å². The maximum Gasteiger partial charge on any atom is 0.255 e. The minimum absolute atomic E-state index is 0.171. The molecule has 0 saturated heterocycles. The van der Waals surface area contributed by atoms with Crippen LogP contribution in [0, 0.1) is 0 Å². The molecule has 0 saturated carbocycles. The zero-order valence-electron chi connectivity index (χ0n) is 15.4. The molecule has 7 heteroatoms. The summed E-state index contributed by atoms with van der Waals surface area (Å²) in [6, 6.07) is 14.5. The number of amides is 1. The third-order valence-corrected chi connectivity index (χ3v) is 3.84. The number of benzene rings is 2. The van der Waals surface area contributed by atoms with Crippen molar-refractivity contribution >= 4 is 17.3 Å². The molecule has 0 unspecified atom stereocenters. The second-order valence-corrected chi connectivity index (χ2v) is 5.80. The summed E-state index contributed by atoms with van der Waals surface area (Å²) < 4.78 is 10.5. The third-order valence-electron chi connectivity index (χ3n) is 3.84. The average molecular weight is 366 g/mol. The van der Waals surface area contributed by atoms with Gasteiger partial charge in [-0.2, -0.15) is 4.98 Å². The Balaban J connectivity index is 1.54. The van der Waals surface area contributed by atoms with Gasteiger partial charge in [0.05, 0.1) is 13.2 Å². The molecule has 0 aliphatic carbocycles. The van der Waals surface area contributed by atoms with Crippen LogP contribution >= 0.6 is 0 Å². The number of aryl methyl sites for hydroxylation is 1. The van der Waals surface area contributed by atoms with E-state index in [9.17, 15) is 4.79 Å². The molecular formula is C20H22N4O3. The molecule has 1 aromatic heterocycles. The minimum atomic E-state index is -0.171. The predicted molar refractivity (Wildman–Crippen MR) is 103 cm³/mol. The predicted octanol–water partition coefficient (Wildman–Crippen LogP) is 3.90. The first-order valence-electron chi connectivity index (χ1n) is 8.87. The number of carbonyl (C=O) groups is 1. The van der Waals surface area contributed by atoms with Gasteiger partial charge in [-0.05, 0) is 55.5 Å². The maximum atomic E-state index is 12.4. The Bertz CT molecular complexity index is 873. The standard InChI is InChI=1S/C20H22N4O3/c1-3-18-23-19(27-24-18)13-21-15-7-5-14(6-8-15)20(25)22-16-9-11-17(12-10-16)26-4-2/h5-12,21H,3-4,13H2,1-2H3,(H,22,25). The fourth-order valence-electron chi connectivity index (χ4n) is 2.43. The molecular weight excluding hydrogens is 344 g/mol. The molecule has 0 atom stereocenters. The van der Waals surface area contributed by atoms with E-state index in [1.165, 1.54) is 0 Å². The van der Waals surface area contributed by atoms with Crippen molar-refractivity contribution in [2.75, 3.05) is 17.2 Å². The van der Waals surface area contributed by atoms with Crippen LogP contribution in [0.3, 0.4) is 0 Å². The monoisotopic (exact) mass is 366 g/mol. The highest BCUT2D eigenvalue weighted by Gasteiger charge is 2.07. The second-order valence-electron chi connectivity index (χ2n) is 5.80. The lowest BCUT2D eigenvalue weighted by Gasteiger charge is -2.08. The van der Waals surface area contributed by atoms with E-state index in [1.807, 2.05) is 50.2 Å². The number of ether oxygens (including phenoxy) is 1. The van der Waals surface area contributed by atoms with Gasteiger partial charge in [-0.1, -0.05) is 12.1 Å². The van der Waals surface area contributed by atoms with Gasteiger partial charge in [0.2, 0.25) is 5.89 Å². The van der Waals surface area contributed by atoms with Crippen molar-refractivity contribution in [2.24, 2.45) is 0 Å². The Kier molecular flexibility index (Phi) is 6.04. The van der Waals surface area contributed by atoms with Crippen molar-refractivity contribution in [1.29, 1.82) is 0 Å². The quantitative estimate of drug-likeness (QED) is 0.629. The Morgan fingerprint density at radius 1 is 1.04 bits per heavy atom. The van der Waals surface area contributed by atoms with Crippen LogP contribution in [-0.4, -0.2) is 22.7 Å². The fraction of sp³-hybridized carbons (Fsp3) is 0.250. The molecule has 0 fully saturated rings. The van der Waals surface area contributed by atoms with E-state index in [2.05, 4.69) is 20.8 Å². The van der Waals surface area contributed by atoms with Crippen LogP contribution in [0.4, 0.5) is 11.4 Å². The van der Waals surface area contributed by atoms with Crippen LogP contribution in [0.1, 0.15) is 35.9 Å². The van der Waals surface area contributed by atoms with E-state index in [1.54, 1.807) is 12.1 Å². The number of carbonyl (C=O) groups excluding carboxylic acids is 1. The Hall–Kier alpha value is -3.35. The lowest BCUT2D eigenvalue weighted by molar-refractivity contribution is 0.102. The fourth-order valence-corrected chi connectivity index (χ4v) is 2.43. The first-order chi connectivity index (χ1) is 13.2. The van der Waals surface area contributed by atoms with E-state index < -0.39 is 0 Å². The Labute approximate surface area is 157 Å². The van der Waals surface area contributed by atoms with Crippen LogP contribution in [0.15, 0.2) is 53.1 Å². The summed E-state index contributed by atoms with van der Waals surface area (Å²) >= 11 is 0. The molecule has 0 aliphatic heterocycles. The summed E-state index contributed by atoms with van der Waals surface area (Å²) in [5.74, 6) is 1.82. The van der Waals surface area contributed by atoms with Crippen LogP contribution in [0.5, 0.6) is 5.75 Å². The normalized spacial score (nSPS) is 10.4. The maximum absolute atomic E-state index is 12.4. The van der Waals surface area contributed by atoms with Gasteiger partial charge in [0, 0.05) is 23.4 Å². The van der Waals surface area contributed by atoms with Gasteiger partial charge in [0.15, 0.2) is 5.82 Å². The summed E-state index contributed by atoms with van der Waals surface area (Å²) in [6.07, 6.45) is 0.738. The summed E-state index contributed by atoms with van der Waals surface area (Å²) in [6.45, 7) is 4.95. The van der Waals surface area contributed by atoms with Gasteiger partial charge in [0.1, 0.15) is 5.75 Å².